The van der Waals surface area contributed by atoms with Crippen LogP contribution in [0.1, 0.15) is 21.9 Å². The summed E-state index contributed by atoms with van der Waals surface area (Å²) in [6.45, 7) is 0.578. The second-order valence-corrected chi connectivity index (χ2v) is 7.11. The van der Waals surface area contributed by atoms with Crippen molar-refractivity contribution < 1.29 is 13.9 Å². The number of amides is 1. The Morgan fingerprint density at radius 1 is 1.03 bits per heavy atom. The lowest BCUT2D eigenvalue weighted by Crippen LogP contribution is -2.12. The molecule has 0 radical (unpaired) electrons. The van der Waals surface area contributed by atoms with Crippen LogP contribution in [0.3, 0.4) is 0 Å². The van der Waals surface area contributed by atoms with E-state index in [1.54, 1.807) is 35.0 Å². The number of nitrogens with one attached hydrogen (secondary N) is 1. The van der Waals surface area contributed by atoms with Crippen LogP contribution in [0.25, 0.3) is 0 Å². The van der Waals surface area contributed by atoms with Crippen LogP contribution in [-0.4, -0.2) is 20.7 Å². The van der Waals surface area contributed by atoms with Gasteiger partial charge in [0.2, 0.25) is 5.95 Å². The second-order valence-electron chi connectivity index (χ2n) is 6.30. The smallest absolute Gasteiger partial charge is 0.293 e. The van der Waals surface area contributed by atoms with E-state index in [0.717, 1.165) is 5.56 Å². The van der Waals surface area contributed by atoms with Gasteiger partial charge in [-0.05, 0) is 35.9 Å². The predicted octanol–water partition coefficient (Wildman–Crippen LogP) is 5.06. The lowest BCUT2D eigenvalue weighted by Gasteiger charge is -2.05. The number of carbonyl (C=O) groups is 1. The minimum Gasteiger partial charge on any atom is -0.484 e. The van der Waals surface area contributed by atoms with Crippen LogP contribution in [0.5, 0.6) is 5.75 Å². The molecule has 0 aliphatic rings. The number of para-hydroxylation sites is 1. The van der Waals surface area contributed by atoms with E-state index in [1.807, 2.05) is 30.3 Å². The number of benzene rings is 2. The summed E-state index contributed by atoms with van der Waals surface area (Å²) in [6, 6.07) is 17.8. The summed E-state index contributed by atoms with van der Waals surface area (Å²) in [4.78, 5) is 16.5. The van der Waals surface area contributed by atoms with Gasteiger partial charge in [-0.1, -0.05) is 53.5 Å². The SMILES string of the molecule is O=C(Nc1ncn(Cc2ccccc2Cl)n1)c1ccc(COc2ccccc2Cl)o1. The van der Waals surface area contributed by atoms with Gasteiger partial charge in [-0.2, -0.15) is 0 Å². The maximum atomic E-state index is 12.4. The molecule has 2 aromatic carbocycles. The second kappa shape index (κ2) is 9.02. The summed E-state index contributed by atoms with van der Waals surface area (Å²) >= 11 is 12.2. The summed E-state index contributed by atoms with van der Waals surface area (Å²) in [6.07, 6.45) is 1.52. The van der Waals surface area contributed by atoms with Crippen LogP contribution in [0.4, 0.5) is 5.95 Å². The largest absolute Gasteiger partial charge is 0.484 e. The monoisotopic (exact) mass is 442 g/mol. The van der Waals surface area contributed by atoms with E-state index in [-0.39, 0.29) is 18.3 Å². The molecule has 0 fully saturated rings. The van der Waals surface area contributed by atoms with Gasteiger partial charge in [0.15, 0.2) is 5.76 Å². The molecular formula is C21H16Cl2N4O3. The number of anilines is 1. The number of furan rings is 1. The molecule has 0 unspecified atom stereocenters. The van der Waals surface area contributed by atoms with E-state index in [0.29, 0.717) is 28.1 Å². The lowest BCUT2D eigenvalue weighted by molar-refractivity contribution is 0.0991. The fourth-order valence-electron chi connectivity index (χ4n) is 2.68. The Hall–Kier alpha value is -3.29. The topological polar surface area (TPSA) is 82.2 Å². The van der Waals surface area contributed by atoms with Crippen LogP contribution in [0.2, 0.25) is 10.0 Å². The third-order valence-electron chi connectivity index (χ3n) is 4.14. The highest BCUT2D eigenvalue weighted by Gasteiger charge is 2.14. The molecule has 2 heterocycles. The average Bonchev–Trinajstić information content (AvgIpc) is 3.39. The zero-order chi connectivity index (χ0) is 20.9. The van der Waals surface area contributed by atoms with Crippen LogP contribution in [0.15, 0.2) is 71.4 Å². The number of ether oxygens (including phenoxy) is 1. The van der Waals surface area contributed by atoms with Gasteiger partial charge in [0.05, 0.1) is 11.6 Å². The summed E-state index contributed by atoms with van der Waals surface area (Å²) in [5.74, 6) is 0.842. The van der Waals surface area contributed by atoms with Crippen molar-refractivity contribution in [2.75, 3.05) is 5.32 Å². The van der Waals surface area contributed by atoms with E-state index < -0.39 is 5.91 Å². The molecule has 0 atom stereocenters. The molecule has 1 amide bonds. The zero-order valence-electron chi connectivity index (χ0n) is 15.6. The van der Waals surface area contributed by atoms with Gasteiger partial charge in [0.1, 0.15) is 24.4 Å². The number of halogens is 2. The van der Waals surface area contributed by atoms with Crippen molar-refractivity contribution in [3.8, 4) is 5.75 Å². The molecule has 0 aliphatic carbocycles. The Balaban J connectivity index is 1.35. The third-order valence-corrected chi connectivity index (χ3v) is 4.82. The Kier molecular flexibility index (Phi) is 6.02. The van der Waals surface area contributed by atoms with Gasteiger partial charge in [-0.3, -0.25) is 10.1 Å². The first kappa shape index (κ1) is 20.0. The van der Waals surface area contributed by atoms with E-state index in [1.165, 1.54) is 6.33 Å². The fraction of sp³-hybridized carbons (Fsp3) is 0.0952. The fourth-order valence-corrected chi connectivity index (χ4v) is 3.07. The number of hydrogen-bond donors (Lipinski definition) is 1. The number of carbonyl (C=O) groups excluding carboxylic acids is 1. The van der Waals surface area contributed by atoms with Crippen LogP contribution >= 0.6 is 23.2 Å². The summed E-state index contributed by atoms with van der Waals surface area (Å²) in [7, 11) is 0. The number of aromatic nitrogens is 3. The highest BCUT2D eigenvalue weighted by atomic mass is 35.5. The van der Waals surface area contributed by atoms with Crippen LogP contribution in [0, 0.1) is 0 Å². The highest BCUT2D eigenvalue weighted by Crippen LogP contribution is 2.24. The molecule has 1 N–H and O–H groups in total. The van der Waals surface area contributed by atoms with Gasteiger partial charge in [-0.25, -0.2) is 9.67 Å². The molecule has 30 heavy (non-hydrogen) atoms. The molecular weight excluding hydrogens is 427 g/mol. The zero-order valence-corrected chi connectivity index (χ0v) is 17.1. The molecule has 9 heteroatoms. The first-order valence-electron chi connectivity index (χ1n) is 8.99. The third kappa shape index (κ3) is 4.82. The first-order chi connectivity index (χ1) is 14.6. The molecule has 0 bridgehead atoms. The highest BCUT2D eigenvalue weighted by molar-refractivity contribution is 6.32. The molecule has 0 aliphatic heterocycles. The van der Waals surface area contributed by atoms with Gasteiger partial charge in [-0.15, -0.1) is 5.10 Å². The normalized spacial score (nSPS) is 10.7. The standard InChI is InChI=1S/C21H16Cl2N4O3/c22-16-6-2-1-5-14(16)11-27-13-24-21(26-27)25-20(28)19-10-9-15(30-19)12-29-18-8-4-3-7-17(18)23/h1-10,13H,11-12H2,(H,25,26,28). The minimum absolute atomic E-state index is 0.121. The van der Waals surface area contributed by atoms with E-state index in [9.17, 15) is 4.79 Å². The Bertz CT molecular complexity index is 1170. The van der Waals surface area contributed by atoms with Crippen molar-refractivity contribution in [1.29, 1.82) is 0 Å². The summed E-state index contributed by atoms with van der Waals surface area (Å²) in [5.41, 5.74) is 0.899. The van der Waals surface area contributed by atoms with E-state index >= 15 is 0 Å². The van der Waals surface area contributed by atoms with Crippen molar-refractivity contribution >= 4 is 35.1 Å². The molecule has 2 aromatic heterocycles. The van der Waals surface area contributed by atoms with Crippen molar-refractivity contribution in [1.82, 2.24) is 14.8 Å². The molecule has 4 rings (SSSR count). The summed E-state index contributed by atoms with van der Waals surface area (Å²) in [5, 5.41) is 7.98. The molecule has 0 saturated heterocycles. The molecule has 152 valence electrons. The van der Waals surface area contributed by atoms with Crippen molar-refractivity contribution in [2.45, 2.75) is 13.2 Å². The van der Waals surface area contributed by atoms with Crippen LogP contribution < -0.4 is 10.1 Å². The van der Waals surface area contributed by atoms with Gasteiger partial charge in [0, 0.05) is 5.02 Å². The Morgan fingerprint density at radius 3 is 2.60 bits per heavy atom. The Morgan fingerprint density at radius 2 is 1.80 bits per heavy atom. The number of rotatable bonds is 7. The van der Waals surface area contributed by atoms with E-state index in [4.69, 9.17) is 32.4 Å². The maximum Gasteiger partial charge on any atom is 0.293 e. The molecule has 0 spiro atoms. The van der Waals surface area contributed by atoms with Gasteiger partial charge >= 0.3 is 0 Å². The summed E-state index contributed by atoms with van der Waals surface area (Å²) < 4.78 is 12.7. The molecule has 7 nitrogen and oxygen atoms in total. The van der Waals surface area contributed by atoms with E-state index in [2.05, 4.69) is 15.4 Å². The number of hydrogen-bond acceptors (Lipinski definition) is 5. The predicted molar refractivity (Wildman–Crippen MR) is 113 cm³/mol. The molecule has 4 aromatic rings. The van der Waals surface area contributed by atoms with Crippen molar-refractivity contribution in [3.05, 3.63) is 94.1 Å². The quantitative estimate of drug-likeness (QED) is 0.432. The van der Waals surface area contributed by atoms with Crippen molar-refractivity contribution in [3.63, 3.8) is 0 Å². The van der Waals surface area contributed by atoms with Crippen LogP contribution in [-0.2, 0) is 13.2 Å². The van der Waals surface area contributed by atoms with Crippen molar-refractivity contribution in [2.24, 2.45) is 0 Å². The minimum atomic E-state index is -0.463. The average molecular weight is 443 g/mol. The lowest BCUT2D eigenvalue weighted by atomic mass is 10.2. The maximum absolute atomic E-state index is 12.4. The Labute approximate surface area is 182 Å². The number of nitrogens with zero attached hydrogens (tertiary/aromatic N) is 3. The van der Waals surface area contributed by atoms with Gasteiger partial charge in [0.25, 0.3) is 5.91 Å². The first-order valence-corrected chi connectivity index (χ1v) is 9.74. The molecule has 0 saturated carbocycles. The van der Waals surface area contributed by atoms with Gasteiger partial charge < -0.3 is 9.15 Å².